The molecule has 0 bridgehead atoms. The predicted octanol–water partition coefficient (Wildman–Crippen LogP) is -3.04. The van der Waals surface area contributed by atoms with Gasteiger partial charge >= 0.3 is 0 Å². The third kappa shape index (κ3) is 8.54. The smallest absolute Gasteiger partial charge is 0.229 e. The molecule has 0 spiro atoms. The monoisotopic (exact) mass is 800 g/mol. The Hall–Kier alpha value is -3.45. The van der Waals surface area contributed by atoms with Crippen molar-refractivity contribution in [3.63, 3.8) is 0 Å². The lowest BCUT2D eigenvalue weighted by atomic mass is 9.89. The van der Waals surface area contributed by atoms with Gasteiger partial charge in [-0.05, 0) is 24.6 Å². The average Bonchev–Trinajstić information content (AvgIpc) is 3.17. The van der Waals surface area contributed by atoms with Crippen LogP contribution < -0.4 is 14.2 Å². The Morgan fingerprint density at radius 1 is 0.714 bits per heavy atom. The molecule has 16 atom stereocenters. The molecule has 312 valence electrons. The van der Waals surface area contributed by atoms with Crippen LogP contribution in [0.5, 0.6) is 28.7 Å². The van der Waals surface area contributed by atoms with Gasteiger partial charge in [0.2, 0.25) is 6.29 Å². The summed E-state index contributed by atoms with van der Waals surface area (Å²) in [4.78, 5) is 13.1. The molecular formula is C36H48O20. The largest absolute Gasteiger partial charge is 0.507 e. The Bertz CT molecular complexity index is 1660. The molecule has 56 heavy (non-hydrogen) atoms. The maximum absolute atomic E-state index is 13.1. The van der Waals surface area contributed by atoms with Crippen LogP contribution in [-0.2, 0) is 23.7 Å². The van der Waals surface area contributed by atoms with Crippen LogP contribution in [0.25, 0.3) is 0 Å². The maximum atomic E-state index is 13.1. The zero-order valence-electron chi connectivity index (χ0n) is 30.3. The SMILES string of the molecule is COc1ccc(C2CC(=O)c3c(O)cc(O[C@@H]4OC(CO[C@@H]5OC(C)[C@H](O)[C@H](O)C5O)[C@H](COC[C@@H]5OC(CO)[C@H](O)[C@H](O)C5O)[C@H](O)C4O)cc3O2)cc1O. The Balaban J connectivity index is 1.19. The van der Waals surface area contributed by atoms with E-state index in [2.05, 4.69) is 0 Å². The van der Waals surface area contributed by atoms with Crippen LogP contribution in [0.15, 0.2) is 30.3 Å². The van der Waals surface area contributed by atoms with Crippen molar-refractivity contribution in [1.82, 2.24) is 0 Å². The number of carbonyl (C=O) groups excluding carboxylic acids is 1. The first-order valence-corrected chi connectivity index (χ1v) is 17.9. The molecule has 20 heteroatoms. The zero-order valence-corrected chi connectivity index (χ0v) is 30.3. The molecule has 11 N–H and O–H groups in total. The van der Waals surface area contributed by atoms with Gasteiger partial charge in [0.05, 0.1) is 58.3 Å². The molecule has 0 aliphatic carbocycles. The molecule has 7 unspecified atom stereocenters. The highest BCUT2D eigenvalue weighted by atomic mass is 16.7. The van der Waals surface area contributed by atoms with Gasteiger partial charge in [0.25, 0.3) is 0 Å². The summed E-state index contributed by atoms with van der Waals surface area (Å²) in [5, 5.41) is 115. The van der Waals surface area contributed by atoms with Gasteiger partial charge in [0.15, 0.2) is 23.6 Å². The number of hydrogen-bond donors (Lipinski definition) is 11. The Kier molecular flexibility index (Phi) is 13.2. The van der Waals surface area contributed by atoms with Crippen LogP contribution >= 0.6 is 0 Å². The van der Waals surface area contributed by atoms with Crippen LogP contribution in [0, 0.1) is 5.92 Å². The number of aliphatic hydroxyl groups is 9. The van der Waals surface area contributed by atoms with E-state index in [0.717, 1.165) is 6.07 Å². The van der Waals surface area contributed by atoms with Crippen LogP contribution in [0.2, 0.25) is 0 Å². The number of aliphatic hydroxyl groups excluding tert-OH is 9. The summed E-state index contributed by atoms with van der Waals surface area (Å²) in [5.74, 6) is -2.33. The number of phenolic OH excluding ortho intramolecular Hbond substituents is 2. The van der Waals surface area contributed by atoms with E-state index in [0.29, 0.717) is 5.56 Å². The second-order valence-electron chi connectivity index (χ2n) is 14.2. The summed E-state index contributed by atoms with van der Waals surface area (Å²) in [6.07, 6.45) is -21.9. The highest BCUT2D eigenvalue weighted by molar-refractivity contribution is 6.02. The number of phenols is 2. The van der Waals surface area contributed by atoms with Gasteiger partial charge < -0.3 is 94.1 Å². The molecule has 6 rings (SSSR count). The molecule has 0 amide bonds. The second kappa shape index (κ2) is 17.6. The van der Waals surface area contributed by atoms with Crippen molar-refractivity contribution >= 4 is 5.78 Å². The molecule has 3 fully saturated rings. The van der Waals surface area contributed by atoms with E-state index in [1.54, 1.807) is 6.07 Å². The van der Waals surface area contributed by atoms with Crippen molar-refractivity contribution in [2.45, 2.75) is 105 Å². The van der Waals surface area contributed by atoms with E-state index < -0.39 is 136 Å². The third-order valence-electron chi connectivity index (χ3n) is 10.5. The van der Waals surface area contributed by atoms with Gasteiger partial charge in [0.1, 0.15) is 83.9 Å². The zero-order chi connectivity index (χ0) is 40.6. The topological polar surface area (TPSA) is 313 Å². The lowest BCUT2D eigenvalue weighted by Crippen LogP contribution is -2.61. The molecule has 4 aliphatic rings. The molecule has 4 aliphatic heterocycles. The number of Topliss-reactive ketones (excluding diaryl/α,β-unsaturated/α-hetero) is 1. The normalized spacial score (nSPS) is 38.7. The summed E-state index contributed by atoms with van der Waals surface area (Å²) in [6, 6.07) is 6.83. The van der Waals surface area contributed by atoms with Crippen LogP contribution in [0.1, 0.15) is 35.4 Å². The second-order valence-corrected chi connectivity index (χ2v) is 14.2. The standard InChI is InChI=1S/C36H48O20/c1-13-27(41)31(45)34(48)35(52-13)51-12-24-16(10-50-11-25-30(44)32(46)29(43)23(9-37)55-25)28(42)33(47)36(56-24)53-15-6-18(39)26-19(40)8-21(54-22(26)7-15)14-3-4-20(49-2)17(38)5-14/h3-7,13,16,21,23-25,27-39,41-48H,8-12H2,1-2H3/t13?,16-,21?,23?,24?,25-,27-,28-,29-,30?,31-,32-,33?,34?,35+,36+/m0/s1. The molecule has 4 heterocycles. The van der Waals surface area contributed by atoms with Gasteiger partial charge in [-0.1, -0.05) is 6.07 Å². The van der Waals surface area contributed by atoms with Crippen molar-refractivity contribution in [3.8, 4) is 28.7 Å². The fraction of sp³-hybridized carbons (Fsp3) is 0.639. The van der Waals surface area contributed by atoms with Crippen LogP contribution in [-0.4, -0.2) is 181 Å². The number of ether oxygens (including phenoxy) is 8. The Morgan fingerprint density at radius 3 is 2.11 bits per heavy atom. The van der Waals surface area contributed by atoms with Crippen molar-refractivity contribution in [2.24, 2.45) is 5.92 Å². The number of rotatable bonds is 12. The highest BCUT2D eigenvalue weighted by Crippen LogP contribution is 2.44. The average molecular weight is 801 g/mol. The van der Waals surface area contributed by atoms with Crippen LogP contribution in [0.4, 0.5) is 0 Å². The number of aromatic hydroxyl groups is 2. The first-order chi connectivity index (χ1) is 26.6. The van der Waals surface area contributed by atoms with Crippen molar-refractivity contribution in [3.05, 3.63) is 41.5 Å². The number of benzene rings is 2. The molecule has 2 aromatic rings. The predicted molar refractivity (Wildman–Crippen MR) is 183 cm³/mol. The van der Waals surface area contributed by atoms with Crippen molar-refractivity contribution in [1.29, 1.82) is 0 Å². The molecular weight excluding hydrogens is 752 g/mol. The van der Waals surface area contributed by atoms with Crippen LogP contribution in [0.3, 0.4) is 0 Å². The minimum Gasteiger partial charge on any atom is -0.507 e. The van der Waals surface area contributed by atoms with Gasteiger partial charge in [-0.3, -0.25) is 4.79 Å². The van der Waals surface area contributed by atoms with E-state index in [1.165, 1.54) is 32.2 Å². The van der Waals surface area contributed by atoms with E-state index >= 15 is 0 Å². The number of hydrogen-bond acceptors (Lipinski definition) is 20. The maximum Gasteiger partial charge on any atom is 0.229 e. The fourth-order valence-corrected chi connectivity index (χ4v) is 7.14. The lowest BCUT2D eigenvalue weighted by Gasteiger charge is -2.44. The first-order valence-electron chi connectivity index (χ1n) is 17.9. The number of methoxy groups -OCH3 is 1. The molecule has 0 aromatic heterocycles. The molecule has 0 saturated carbocycles. The van der Waals surface area contributed by atoms with E-state index in [4.69, 9.17) is 37.9 Å². The third-order valence-corrected chi connectivity index (χ3v) is 10.5. The summed E-state index contributed by atoms with van der Waals surface area (Å²) in [5.41, 5.74) is 0.306. The summed E-state index contributed by atoms with van der Waals surface area (Å²) >= 11 is 0. The Labute approximate surface area is 319 Å². The number of fused-ring (bicyclic) bond motifs is 1. The lowest BCUT2D eigenvalue weighted by molar-refractivity contribution is -0.316. The minimum absolute atomic E-state index is 0.0833. The summed E-state index contributed by atoms with van der Waals surface area (Å²) in [7, 11) is 1.38. The summed E-state index contributed by atoms with van der Waals surface area (Å²) in [6.45, 7) is -0.525. The van der Waals surface area contributed by atoms with Crippen molar-refractivity contribution < 1.29 is 98.9 Å². The van der Waals surface area contributed by atoms with E-state index in [-0.39, 0.29) is 35.0 Å². The first kappa shape index (κ1) is 42.2. The van der Waals surface area contributed by atoms with E-state index in [9.17, 15) is 61.0 Å². The Morgan fingerprint density at radius 2 is 1.41 bits per heavy atom. The minimum atomic E-state index is -1.80. The fourth-order valence-electron chi connectivity index (χ4n) is 7.14. The summed E-state index contributed by atoms with van der Waals surface area (Å²) < 4.78 is 45.5. The highest BCUT2D eigenvalue weighted by Gasteiger charge is 2.49. The number of ketones is 1. The molecule has 2 aromatic carbocycles. The van der Waals surface area contributed by atoms with Gasteiger partial charge in [0, 0.05) is 18.1 Å². The van der Waals surface area contributed by atoms with Crippen molar-refractivity contribution in [2.75, 3.05) is 33.5 Å². The molecule has 20 nitrogen and oxygen atoms in total. The van der Waals surface area contributed by atoms with Gasteiger partial charge in [-0.2, -0.15) is 0 Å². The van der Waals surface area contributed by atoms with Gasteiger partial charge in [-0.25, -0.2) is 0 Å². The molecule has 3 saturated heterocycles. The quantitative estimate of drug-likeness (QED) is 0.102. The molecule has 0 radical (unpaired) electrons. The van der Waals surface area contributed by atoms with E-state index in [1.807, 2.05) is 0 Å². The van der Waals surface area contributed by atoms with Gasteiger partial charge in [-0.15, -0.1) is 0 Å². The number of carbonyl (C=O) groups is 1.